The number of hydrogen-bond acceptors (Lipinski definition) is 3. The van der Waals surface area contributed by atoms with Gasteiger partial charge in [-0.25, -0.2) is 0 Å². The molecule has 0 saturated carbocycles. The summed E-state index contributed by atoms with van der Waals surface area (Å²) in [5.41, 5.74) is 0.827. The van der Waals surface area contributed by atoms with Crippen molar-refractivity contribution in [1.29, 1.82) is 0 Å². The lowest BCUT2D eigenvalue weighted by Crippen LogP contribution is -2.39. The largest absolute Gasteiger partial charge is 0.497 e. The predicted octanol–water partition coefficient (Wildman–Crippen LogP) is 3.34. The Morgan fingerprint density at radius 2 is 1.92 bits per heavy atom. The van der Waals surface area contributed by atoms with E-state index in [1.165, 1.54) is 0 Å². The number of halogens is 1. The zero-order valence-electron chi connectivity index (χ0n) is 15.2. The molecule has 6 heteroatoms. The molecule has 0 aliphatic heterocycles. The Morgan fingerprint density at radius 3 is 2.50 bits per heavy atom. The first-order valence-electron chi connectivity index (χ1n) is 8.48. The second kappa shape index (κ2) is 13.3. The van der Waals surface area contributed by atoms with Crippen molar-refractivity contribution in [2.75, 3.05) is 26.7 Å². The number of aliphatic hydroxyl groups is 1. The Bertz CT molecular complexity index is 479. The Labute approximate surface area is 163 Å². The summed E-state index contributed by atoms with van der Waals surface area (Å²) in [5.74, 6) is 2.10. The van der Waals surface area contributed by atoms with Crippen LogP contribution in [0.25, 0.3) is 0 Å². The molecule has 0 radical (unpaired) electrons. The normalized spacial score (nSPS) is 12.5. The van der Waals surface area contributed by atoms with E-state index in [0.29, 0.717) is 12.5 Å². The van der Waals surface area contributed by atoms with Crippen LogP contribution in [0.3, 0.4) is 0 Å². The minimum atomic E-state index is -0.609. The Morgan fingerprint density at radius 1 is 1.21 bits per heavy atom. The van der Waals surface area contributed by atoms with Gasteiger partial charge in [-0.05, 0) is 30.5 Å². The van der Waals surface area contributed by atoms with Gasteiger partial charge in [-0.3, -0.25) is 4.99 Å². The molecular weight excluding hydrogens is 417 g/mol. The maximum absolute atomic E-state index is 10.3. The van der Waals surface area contributed by atoms with Gasteiger partial charge in [0.25, 0.3) is 0 Å². The fourth-order valence-corrected chi connectivity index (χ4v) is 2.27. The molecule has 3 N–H and O–H groups in total. The first-order chi connectivity index (χ1) is 11.1. The molecular formula is C18H32IN3O2. The maximum Gasteiger partial charge on any atom is 0.191 e. The van der Waals surface area contributed by atoms with Gasteiger partial charge in [-0.15, -0.1) is 24.0 Å². The van der Waals surface area contributed by atoms with E-state index in [0.717, 1.165) is 43.2 Å². The topological polar surface area (TPSA) is 65.9 Å². The predicted molar refractivity (Wildman–Crippen MR) is 111 cm³/mol. The third-order valence-corrected chi connectivity index (χ3v) is 3.95. The molecule has 1 atom stereocenters. The molecule has 1 aromatic rings. The van der Waals surface area contributed by atoms with E-state index in [-0.39, 0.29) is 24.0 Å². The summed E-state index contributed by atoms with van der Waals surface area (Å²) in [5, 5.41) is 16.8. The fourth-order valence-electron chi connectivity index (χ4n) is 2.27. The van der Waals surface area contributed by atoms with E-state index < -0.39 is 6.10 Å². The van der Waals surface area contributed by atoms with Crippen LogP contribution in [-0.2, 0) is 0 Å². The molecule has 0 heterocycles. The van der Waals surface area contributed by atoms with Crippen molar-refractivity contribution in [3.8, 4) is 5.75 Å². The number of nitrogens with zero attached hydrogens (tertiary/aromatic N) is 1. The van der Waals surface area contributed by atoms with Crippen LogP contribution in [0.5, 0.6) is 5.75 Å². The van der Waals surface area contributed by atoms with Crippen molar-refractivity contribution in [3.05, 3.63) is 29.8 Å². The first kappa shape index (κ1) is 23.0. The van der Waals surface area contributed by atoms with E-state index in [4.69, 9.17) is 4.74 Å². The summed E-state index contributed by atoms with van der Waals surface area (Å²) >= 11 is 0. The number of methoxy groups -OCH3 is 1. The highest BCUT2D eigenvalue weighted by Crippen LogP contribution is 2.18. The summed E-state index contributed by atoms with van der Waals surface area (Å²) < 4.78 is 5.19. The highest BCUT2D eigenvalue weighted by Gasteiger charge is 2.10. The lowest BCUT2D eigenvalue weighted by molar-refractivity contribution is 0.180. The van der Waals surface area contributed by atoms with Gasteiger partial charge in [-0.2, -0.15) is 0 Å². The molecule has 0 aliphatic rings. The second-order valence-electron chi connectivity index (χ2n) is 5.58. The summed E-state index contributed by atoms with van der Waals surface area (Å²) in [6.07, 6.45) is 1.65. The van der Waals surface area contributed by atoms with Crippen LogP contribution in [0.2, 0.25) is 0 Å². The lowest BCUT2D eigenvalue weighted by Gasteiger charge is -2.17. The van der Waals surface area contributed by atoms with Gasteiger partial charge in [0, 0.05) is 19.6 Å². The number of benzene rings is 1. The van der Waals surface area contributed by atoms with Crippen LogP contribution in [0.15, 0.2) is 29.3 Å². The van der Waals surface area contributed by atoms with Crippen molar-refractivity contribution < 1.29 is 9.84 Å². The van der Waals surface area contributed by atoms with Crippen LogP contribution in [0, 0.1) is 5.92 Å². The zero-order chi connectivity index (χ0) is 17.1. The monoisotopic (exact) mass is 449 g/mol. The SMILES string of the molecule is CCNC(=NCC(CC)CC)NCC(O)c1cccc(OC)c1.I. The quantitative estimate of drug-likeness (QED) is 0.308. The van der Waals surface area contributed by atoms with Gasteiger partial charge >= 0.3 is 0 Å². The lowest BCUT2D eigenvalue weighted by atomic mass is 10.0. The van der Waals surface area contributed by atoms with Crippen molar-refractivity contribution in [1.82, 2.24) is 10.6 Å². The summed E-state index contributed by atoms with van der Waals surface area (Å²) in [6.45, 7) is 8.42. The van der Waals surface area contributed by atoms with Crippen molar-refractivity contribution in [2.45, 2.75) is 39.7 Å². The Balaban J connectivity index is 0.00000529. The first-order valence-corrected chi connectivity index (χ1v) is 8.48. The molecule has 0 bridgehead atoms. The van der Waals surface area contributed by atoms with Gasteiger partial charge in [-0.1, -0.05) is 38.8 Å². The van der Waals surface area contributed by atoms with Crippen molar-refractivity contribution >= 4 is 29.9 Å². The molecule has 24 heavy (non-hydrogen) atoms. The molecule has 138 valence electrons. The maximum atomic E-state index is 10.3. The number of nitrogens with one attached hydrogen (secondary N) is 2. The third-order valence-electron chi connectivity index (χ3n) is 3.95. The molecule has 5 nitrogen and oxygen atoms in total. The Kier molecular flexibility index (Phi) is 12.7. The van der Waals surface area contributed by atoms with E-state index in [9.17, 15) is 5.11 Å². The smallest absolute Gasteiger partial charge is 0.191 e. The molecule has 0 aromatic heterocycles. The van der Waals surface area contributed by atoms with Gasteiger partial charge in [0.1, 0.15) is 5.75 Å². The number of rotatable bonds is 9. The van der Waals surface area contributed by atoms with Crippen molar-refractivity contribution in [2.24, 2.45) is 10.9 Å². The van der Waals surface area contributed by atoms with Gasteiger partial charge < -0.3 is 20.5 Å². The summed E-state index contributed by atoms with van der Waals surface area (Å²) in [4.78, 5) is 4.61. The Hall–Kier alpha value is -1.02. The van der Waals surface area contributed by atoms with Crippen LogP contribution < -0.4 is 15.4 Å². The van der Waals surface area contributed by atoms with Crippen molar-refractivity contribution in [3.63, 3.8) is 0 Å². The molecule has 1 rings (SSSR count). The van der Waals surface area contributed by atoms with E-state index in [1.54, 1.807) is 7.11 Å². The molecule has 0 saturated heterocycles. The zero-order valence-corrected chi connectivity index (χ0v) is 17.5. The van der Waals surface area contributed by atoms with E-state index in [1.807, 2.05) is 31.2 Å². The molecule has 1 aromatic carbocycles. The molecule has 0 aliphatic carbocycles. The van der Waals surface area contributed by atoms with Gasteiger partial charge in [0.2, 0.25) is 0 Å². The van der Waals surface area contributed by atoms with E-state index >= 15 is 0 Å². The average Bonchev–Trinajstić information content (AvgIpc) is 2.60. The second-order valence-corrected chi connectivity index (χ2v) is 5.58. The van der Waals surface area contributed by atoms with Gasteiger partial charge in [0.05, 0.1) is 13.2 Å². The number of ether oxygens (including phenoxy) is 1. The number of guanidine groups is 1. The highest BCUT2D eigenvalue weighted by atomic mass is 127. The highest BCUT2D eigenvalue weighted by molar-refractivity contribution is 14.0. The average molecular weight is 449 g/mol. The minimum Gasteiger partial charge on any atom is -0.497 e. The van der Waals surface area contributed by atoms with Gasteiger partial charge in [0.15, 0.2) is 5.96 Å². The molecule has 1 unspecified atom stereocenters. The number of aliphatic hydroxyl groups excluding tert-OH is 1. The number of hydrogen-bond donors (Lipinski definition) is 3. The molecule has 0 amide bonds. The fraction of sp³-hybridized carbons (Fsp3) is 0.611. The van der Waals surface area contributed by atoms with Crippen LogP contribution in [-0.4, -0.2) is 37.8 Å². The van der Waals surface area contributed by atoms with Crippen LogP contribution >= 0.6 is 24.0 Å². The molecule has 0 spiro atoms. The van der Waals surface area contributed by atoms with Crippen LogP contribution in [0.1, 0.15) is 45.3 Å². The molecule has 0 fully saturated rings. The number of aliphatic imine (C=N–C) groups is 1. The summed E-state index contributed by atoms with van der Waals surface area (Å²) in [6, 6.07) is 7.48. The minimum absolute atomic E-state index is 0. The van der Waals surface area contributed by atoms with Crippen LogP contribution in [0.4, 0.5) is 0 Å². The van der Waals surface area contributed by atoms with E-state index in [2.05, 4.69) is 29.5 Å². The summed E-state index contributed by atoms with van der Waals surface area (Å²) in [7, 11) is 1.62. The third kappa shape index (κ3) is 8.19. The standard InChI is InChI=1S/C18H31N3O2.HI/c1-5-14(6-2)12-20-18(19-7-3)21-13-17(22)15-9-8-10-16(11-15)23-4;/h8-11,14,17,22H,5-7,12-13H2,1-4H3,(H2,19,20,21);1H.